The van der Waals surface area contributed by atoms with Crippen molar-refractivity contribution in [3.05, 3.63) is 33.8 Å². The van der Waals surface area contributed by atoms with Gasteiger partial charge in [0.15, 0.2) is 0 Å². The molecule has 1 aliphatic carbocycles. The van der Waals surface area contributed by atoms with E-state index in [4.69, 9.17) is 4.74 Å². The molecular formula is C13H15BrO. The first-order chi connectivity index (χ1) is 7.30. The van der Waals surface area contributed by atoms with Crippen LogP contribution < -0.4 is 0 Å². The molecule has 1 nitrogen and oxygen atoms in total. The summed E-state index contributed by atoms with van der Waals surface area (Å²) in [7, 11) is 0. The van der Waals surface area contributed by atoms with E-state index < -0.39 is 0 Å². The predicted molar refractivity (Wildman–Crippen MR) is 63.7 cm³/mol. The monoisotopic (exact) mass is 266 g/mol. The second-order valence-corrected chi connectivity index (χ2v) is 5.56. The fourth-order valence-corrected chi connectivity index (χ4v) is 3.29. The molecule has 1 fully saturated rings. The Hall–Kier alpha value is -0.340. The van der Waals surface area contributed by atoms with Crippen molar-refractivity contribution in [3.63, 3.8) is 0 Å². The molecule has 0 unspecified atom stereocenters. The fourth-order valence-electron chi connectivity index (χ4n) is 2.93. The minimum absolute atomic E-state index is 0.0668. The van der Waals surface area contributed by atoms with Gasteiger partial charge in [-0.15, -0.1) is 0 Å². The Morgan fingerprint density at radius 3 is 2.73 bits per heavy atom. The Morgan fingerprint density at radius 2 is 1.93 bits per heavy atom. The molecule has 3 rings (SSSR count). The van der Waals surface area contributed by atoms with Gasteiger partial charge in [0.2, 0.25) is 0 Å². The minimum Gasteiger partial charge on any atom is -0.366 e. The smallest absolute Gasteiger partial charge is 0.0939 e. The molecule has 0 bridgehead atoms. The molecule has 2 heteroatoms. The number of hydrogen-bond donors (Lipinski definition) is 0. The Balaban J connectivity index is 2.05. The molecule has 0 radical (unpaired) electrons. The van der Waals surface area contributed by atoms with E-state index >= 15 is 0 Å². The summed E-state index contributed by atoms with van der Waals surface area (Å²) in [6.45, 7) is 0.808. The zero-order chi connectivity index (χ0) is 10.3. The molecule has 1 aromatic carbocycles. The van der Waals surface area contributed by atoms with Crippen molar-refractivity contribution < 1.29 is 4.74 Å². The lowest BCUT2D eigenvalue weighted by atomic mass is 9.79. The first-order valence-corrected chi connectivity index (χ1v) is 6.52. The van der Waals surface area contributed by atoms with E-state index in [0.29, 0.717) is 0 Å². The van der Waals surface area contributed by atoms with Crippen LogP contribution in [0.1, 0.15) is 43.2 Å². The highest BCUT2D eigenvalue weighted by Crippen LogP contribution is 2.47. The van der Waals surface area contributed by atoms with Crippen molar-refractivity contribution in [2.45, 2.75) is 44.3 Å². The number of rotatable bonds is 0. The first-order valence-electron chi connectivity index (χ1n) is 5.73. The molecule has 0 atom stereocenters. The third-order valence-electron chi connectivity index (χ3n) is 3.73. The minimum atomic E-state index is 0.0668. The zero-order valence-corrected chi connectivity index (χ0v) is 10.3. The van der Waals surface area contributed by atoms with Crippen LogP contribution in [0.5, 0.6) is 0 Å². The molecule has 1 aromatic rings. The molecule has 1 heterocycles. The summed E-state index contributed by atoms with van der Waals surface area (Å²) in [5, 5.41) is 0. The largest absolute Gasteiger partial charge is 0.366 e. The molecular weight excluding hydrogens is 252 g/mol. The van der Waals surface area contributed by atoms with Gasteiger partial charge < -0.3 is 4.74 Å². The number of fused-ring (bicyclic) bond motifs is 2. The van der Waals surface area contributed by atoms with Crippen LogP contribution in [0.25, 0.3) is 0 Å². The van der Waals surface area contributed by atoms with Crippen molar-refractivity contribution in [2.75, 3.05) is 0 Å². The van der Waals surface area contributed by atoms with E-state index in [1.807, 2.05) is 0 Å². The van der Waals surface area contributed by atoms with Crippen molar-refractivity contribution in [2.24, 2.45) is 0 Å². The SMILES string of the molecule is Brc1ccc2c(c1)C1(CCCCC1)OC2. The molecule has 0 N–H and O–H groups in total. The maximum atomic E-state index is 6.09. The topological polar surface area (TPSA) is 9.23 Å². The van der Waals surface area contributed by atoms with Gasteiger partial charge in [-0.2, -0.15) is 0 Å². The normalized spacial score (nSPS) is 23.0. The standard InChI is InChI=1S/C13H15BrO/c14-11-5-4-10-9-15-13(12(10)8-11)6-2-1-3-7-13/h4-5,8H,1-3,6-7,9H2. The highest BCUT2D eigenvalue weighted by Gasteiger charge is 2.40. The second-order valence-electron chi connectivity index (χ2n) is 4.65. The van der Waals surface area contributed by atoms with Gasteiger partial charge in [-0.25, -0.2) is 0 Å². The number of hydrogen-bond acceptors (Lipinski definition) is 1. The Bertz CT molecular complexity index is 375. The summed E-state index contributed by atoms with van der Waals surface area (Å²) in [6, 6.07) is 6.57. The van der Waals surface area contributed by atoms with E-state index in [9.17, 15) is 0 Å². The van der Waals surface area contributed by atoms with Gasteiger partial charge in [-0.1, -0.05) is 41.3 Å². The Labute approximate surface area is 99.0 Å². The second kappa shape index (κ2) is 3.60. The number of halogens is 1. The average molecular weight is 267 g/mol. The summed E-state index contributed by atoms with van der Waals surface area (Å²) in [4.78, 5) is 0. The molecule has 15 heavy (non-hydrogen) atoms. The van der Waals surface area contributed by atoms with Gasteiger partial charge in [-0.05, 0) is 36.1 Å². The van der Waals surface area contributed by atoms with Crippen LogP contribution in [0.3, 0.4) is 0 Å². The molecule has 0 saturated heterocycles. The van der Waals surface area contributed by atoms with E-state index in [0.717, 1.165) is 6.61 Å². The van der Waals surface area contributed by atoms with Crippen LogP contribution in [-0.4, -0.2) is 0 Å². The van der Waals surface area contributed by atoms with Gasteiger partial charge in [0.25, 0.3) is 0 Å². The van der Waals surface area contributed by atoms with Crippen LogP contribution in [-0.2, 0) is 16.9 Å². The van der Waals surface area contributed by atoms with Crippen molar-refractivity contribution in [3.8, 4) is 0 Å². The van der Waals surface area contributed by atoms with E-state index in [1.165, 1.54) is 47.7 Å². The lowest BCUT2D eigenvalue weighted by Crippen LogP contribution is -2.27. The number of benzene rings is 1. The predicted octanol–water partition coefficient (Wildman–Crippen LogP) is 4.14. The third kappa shape index (κ3) is 1.55. The average Bonchev–Trinajstić information content (AvgIpc) is 2.59. The van der Waals surface area contributed by atoms with Crippen molar-refractivity contribution in [1.82, 2.24) is 0 Å². The molecule has 0 aromatic heterocycles. The Kier molecular flexibility index (Phi) is 2.37. The van der Waals surface area contributed by atoms with E-state index in [-0.39, 0.29) is 5.60 Å². The highest BCUT2D eigenvalue weighted by atomic mass is 79.9. The quantitative estimate of drug-likeness (QED) is 0.686. The summed E-state index contributed by atoms with van der Waals surface area (Å²) in [6.07, 6.45) is 6.40. The molecule has 1 spiro atoms. The van der Waals surface area contributed by atoms with Crippen LogP contribution in [0.4, 0.5) is 0 Å². The summed E-state index contributed by atoms with van der Waals surface area (Å²) < 4.78 is 7.26. The van der Waals surface area contributed by atoms with E-state index in [1.54, 1.807) is 0 Å². The molecule has 1 aliphatic heterocycles. The summed E-state index contributed by atoms with van der Waals surface area (Å²) >= 11 is 3.56. The molecule has 1 saturated carbocycles. The van der Waals surface area contributed by atoms with Crippen molar-refractivity contribution >= 4 is 15.9 Å². The van der Waals surface area contributed by atoms with Crippen LogP contribution in [0.2, 0.25) is 0 Å². The maximum Gasteiger partial charge on any atom is 0.0939 e. The van der Waals surface area contributed by atoms with E-state index in [2.05, 4.69) is 34.1 Å². The maximum absolute atomic E-state index is 6.09. The Morgan fingerprint density at radius 1 is 1.13 bits per heavy atom. The first kappa shape index (κ1) is 9.86. The van der Waals surface area contributed by atoms with Crippen molar-refractivity contribution in [1.29, 1.82) is 0 Å². The molecule has 0 amide bonds. The fraction of sp³-hybridized carbons (Fsp3) is 0.538. The summed E-state index contributed by atoms with van der Waals surface area (Å²) in [5.41, 5.74) is 2.90. The van der Waals surface area contributed by atoms with Crippen LogP contribution >= 0.6 is 15.9 Å². The van der Waals surface area contributed by atoms with Gasteiger partial charge in [0, 0.05) is 4.47 Å². The van der Waals surface area contributed by atoms with Gasteiger partial charge in [0.05, 0.1) is 12.2 Å². The molecule has 80 valence electrons. The highest BCUT2D eigenvalue weighted by molar-refractivity contribution is 9.10. The summed E-state index contributed by atoms with van der Waals surface area (Å²) in [5.74, 6) is 0. The van der Waals surface area contributed by atoms with Crippen LogP contribution in [0.15, 0.2) is 22.7 Å². The van der Waals surface area contributed by atoms with Crippen LogP contribution in [0, 0.1) is 0 Å². The third-order valence-corrected chi connectivity index (χ3v) is 4.22. The lowest BCUT2D eigenvalue weighted by molar-refractivity contribution is -0.0638. The number of ether oxygens (including phenoxy) is 1. The zero-order valence-electron chi connectivity index (χ0n) is 8.76. The molecule has 2 aliphatic rings. The van der Waals surface area contributed by atoms with Gasteiger partial charge in [-0.3, -0.25) is 0 Å². The van der Waals surface area contributed by atoms with Gasteiger partial charge in [0.1, 0.15) is 0 Å². The van der Waals surface area contributed by atoms with Gasteiger partial charge >= 0.3 is 0 Å². The lowest BCUT2D eigenvalue weighted by Gasteiger charge is -2.33.